The van der Waals surface area contributed by atoms with Crippen molar-refractivity contribution in [3.63, 3.8) is 0 Å². The van der Waals surface area contributed by atoms with E-state index in [2.05, 4.69) is 4.72 Å². The van der Waals surface area contributed by atoms with Crippen molar-refractivity contribution < 1.29 is 8.42 Å². The number of halogens is 2. The molecule has 8 heteroatoms. The van der Waals surface area contributed by atoms with Crippen LogP contribution in [0.4, 0.5) is 11.4 Å². The average molecular weight is 342 g/mol. The number of nitriles is 1. The Morgan fingerprint density at radius 3 is 2.43 bits per heavy atom. The molecule has 0 radical (unpaired) electrons. The van der Waals surface area contributed by atoms with E-state index < -0.39 is 10.0 Å². The average Bonchev–Trinajstić information content (AvgIpc) is 2.37. The van der Waals surface area contributed by atoms with Gasteiger partial charge in [0.05, 0.1) is 27.0 Å². The molecule has 0 aliphatic rings. The fourth-order valence-corrected chi connectivity index (χ4v) is 3.64. The van der Waals surface area contributed by atoms with Gasteiger partial charge in [0, 0.05) is 0 Å². The lowest BCUT2D eigenvalue weighted by Gasteiger charge is -2.12. The van der Waals surface area contributed by atoms with E-state index in [0.717, 1.165) is 0 Å². The molecule has 3 N–H and O–H groups in total. The Morgan fingerprint density at radius 1 is 1.14 bits per heavy atom. The van der Waals surface area contributed by atoms with Gasteiger partial charge < -0.3 is 5.73 Å². The van der Waals surface area contributed by atoms with Crippen molar-refractivity contribution in [2.75, 3.05) is 10.5 Å². The van der Waals surface area contributed by atoms with Gasteiger partial charge in [0.25, 0.3) is 10.0 Å². The number of hydrogen-bond donors (Lipinski definition) is 2. The second-order valence-electron chi connectivity index (χ2n) is 4.07. The topological polar surface area (TPSA) is 96.0 Å². The summed E-state index contributed by atoms with van der Waals surface area (Å²) in [5.41, 5.74) is 6.15. The number of rotatable bonds is 3. The van der Waals surface area contributed by atoms with Crippen LogP contribution in [0.5, 0.6) is 0 Å². The van der Waals surface area contributed by atoms with Crippen LogP contribution in [0.15, 0.2) is 41.3 Å². The standard InChI is InChI=1S/C13H9Cl2N3O2S/c14-10-2-1-3-12(17)13(10)21(19,20)18-9-5-4-8(7-16)11(15)6-9/h1-6,18H,17H2. The summed E-state index contributed by atoms with van der Waals surface area (Å²) in [6, 6.07) is 10.5. The van der Waals surface area contributed by atoms with Gasteiger partial charge in [0.2, 0.25) is 0 Å². The summed E-state index contributed by atoms with van der Waals surface area (Å²) in [7, 11) is -3.96. The predicted molar refractivity (Wildman–Crippen MR) is 82.8 cm³/mol. The van der Waals surface area contributed by atoms with E-state index in [-0.39, 0.29) is 31.9 Å². The third-order valence-corrected chi connectivity index (χ3v) is 4.85. The molecule has 108 valence electrons. The monoisotopic (exact) mass is 341 g/mol. The first-order valence-electron chi connectivity index (χ1n) is 5.61. The Hall–Kier alpha value is -1.94. The molecule has 0 heterocycles. The maximum absolute atomic E-state index is 12.3. The van der Waals surface area contributed by atoms with Gasteiger partial charge in [-0.25, -0.2) is 8.42 Å². The Labute approximate surface area is 132 Å². The van der Waals surface area contributed by atoms with Crippen LogP contribution in [0.3, 0.4) is 0 Å². The van der Waals surface area contributed by atoms with Gasteiger partial charge in [-0.3, -0.25) is 4.72 Å². The number of nitrogen functional groups attached to an aromatic ring is 1. The van der Waals surface area contributed by atoms with E-state index >= 15 is 0 Å². The quantitative estimate of drug-likeness (QED) is 0.837. The lowest BCUT2D eigenvalue weighted by Crippen LogP contribution is -2.15. The zero-order chi connectivity index (χ0) is 15.6. The van der Waals surface area contributed by atoms with Crippen LogP contribution in [0.25, 0.3) is 0 Å². The largest absolute Gasteiger partial charge is 0.398 e. The molecule has 5 nitrogen and oxygen atoms in total. The zero-order valence-corrected chi connectivity index (χ0v) is 12.8. The van der Waals surface area contributed by atoms with E-state index in [0.29, 0.717) is 0 Å². The molecule has 0 atom stereocenters. The first kappa shape index (κ1) is 15.4. The van der Waals surface area contributed by atoms with Crippen LogP contribution >= 0.6 is 23.2 Å². The summed E-state index contributed by atoms with van der Waals surface area (Å²) in [5.74, 6) is 0. The normalized spacial score (nSPS) is 10.9. The van der Waals surface area contributed by atoms with Crippen molar-refractivity contribution >= 4 is 44.6 Å². The maximum atomic E-state index is 12.3. The molecule has 21 heavy (non-hydrogen) atoms. The van der Waals surface area contributed by atoms with Gasteiger partial charge in [-0.05, 0) is 30.3 Å². The first-order chi connectivity index (χ1) is 9.85. The van der Waals surface area contributed by atoms with Crippen molar-refractivity contribution in [1.29, 1.82) is 5.26 Å². The van der Waals surface area contributed by atoms with Crippen molar-refractivity contribution in [2.45, 2.75) is 4.90 Å². The Kier molecular flexibility index (Phi) is 4.28. The van der Waals surface area contributed by atoms with Crippen LogP contribution < -0.4 is 10.5 Å². The van der Waals surface area contributed by atoms with Gasteiger partial charge in [0.1, 0.15) is 11.0 Å². The van der Waals surface area contributed by atoms with Gasteiger partial charge in [-0.15, -0.1) is 0 Å². The molecular weight excluding hydrogens is 333 g/mol. The molecule has 0 fully saturated rings. The molecule has 0 aromatic heterocycles. The minimum atomic E-state index is -3.96. The Morgan fingerprint density at radius 2 is 1.86 bits per heavy atom. The molecule has 0 aliphatic heterocycles. The molecule has 0 bridgehead atoms. The second-order valence-corrected chi connectivity index (χ2v) is 6.50. The number of benzene rings is 2. The predicted octanol–water partition coefficient (Wildman–Crippen LogP) is 3.25. The summed E-state index contributed by atoms with van der Waals surface area (Å²) in [4.78, 5) is -0.202. The second kappa shape index (κ2) is 5.82. The lowest BCUT2D eigenvalue weighted by molar-refractivity contribution is 0.601. The number of nitrogens with zero attached hydrogens (tertiary/aromatic N) is 1. The summed E-state index contributed by atoms with van der Waals surface area (Å²) >= 11 is 11.7. The molecule has 2 rings (SSSR count). The molecule has 2 aromatic carbocycles. The Bertz CT molecular complexity index is 825. The Balaban J connectivity index is 2.43. The van der Waals surface area contributed by atoms with E-state index in [1.165, 1.54) is 30.3 Å². The van der Waals surface area contributed by atoms with Crippen molar-refractivity contribution in [1.82, 2.24) is 0 Å². The molecule has 2 aromatic rings. The highest BCUT2D eigenvalue weighted by Gasteiger charge is 2.21. The lowest BCUT2D eigenvalue weighted by atomic mass is 10.2. The van der Waals surface area contributed by atoms with Crippen LogP contribution in [0, 0.1) is 11.3 Å². The summed E-state index contributed by atoms with van der Waals surface area (Å²) < 4.78 is 27.0. The SMILES string of the molecule is N#Cc1ccc(NS(=O)(=O)c2c(N)cccc2Cl)cc1Cl. The maximum Gasteiger partial charge on any atom is 0.265 e. The zero-order valence-electron chi connectivity index (χ0n) is 10.5. The number of hydrogen-bond acceptors (Lipinski definition) is 4. The smallest absolute Gasteiger partial charge is 0.265 e. The number of sulfonamides is 1. The van der Waals surface area contributed by atoms with Gasteiger partial charge in [-0.1, -0.05) is 29.3 Å². The highest BCUT2D eigenvalue weighted by atomic mass is 35.5. The molecule has 0 aliphatic carbocycles. The van der Waals surface area contributed by atoms with Crippen LogP contribution in [0.1, 0.15) is 5.56 Å². The summed E-state index contributed by atoms with van der Waals surface area (Å²) in [6.45, 7) is 0. The molecule has 0 saturated heterocycles. The fraction of sp³-hybridized carbons (Fsp3) is 0. The third-order valence-electron chi connectivity index (χ3n) is 2.61. The summed E-state index contributed by atoms with van der Waals surface area (Å²) in [5, 5.41) is 8.94. The summed E-state index contributed by atoms with van der Waals surface area (Å²) in [6.07, 6.45) is 0. The minimum Gasteiger partial charge on any atom is -0.398 e. The number of nitrogens with two attached hydrogens (primary N) is 1. The highest BCUT2D eigenvalue weighted by molar-refractivity contribution is 7.93. The van der Waals surface area contributed by atoms with Crippen molar-refractivity contribution in [3.8, 4) is 6.07 Å². The fourth-order valence-electron chi connectivity index (χ4n) is 1.68. The van der Waals surface area contributed by atoms with Gasteiger partial charge in [-0.2, -0.15) is 5.26 Å². The van der Waals surface area contributed by atoms with Crippen LogP contribution in [0.2, 0.25) is 10.0 Å². The van der Waals surface area contributed by atoms with E-state index in [4.69, 9.17) is 34.2 Å². The van der Waals surface area contributed by atoms with Gasteiger partial charge in [0.15, 0.2) is 0 Å². The first-order valence-corrected chi connectivity index (χ1v) is 7.85. The van der Waals surface area contributed by atoms with Crippen molar-refractivity contribution in [2.24, 2.45) is 0 Å². The molecule has 0 unspecified atom stereocenters. The van der Waals surface area contributed by atoms with Crippen LogP contribution in [-0.4, -0.2) is 8.42 Å². The molecule has 0 amide bonds. The van der Waals surface area contributed by atoms with Gasteiger partial charge >= 0.3 is 0 Å². The van der Waals surface area contributed by atoms with E-state index in [1.807, 2.05) is 6.07 Å². The van der Waals surface area contributed by atoms with E-state index in [9.17, 15) is 8.42 Å². The van der Waals surface area contributed by atoms with Crippen LogP contribution in [-0.2, 0) is 10.0 Å². The third kappa shape index (κ3) is 3.22. The highest BCUT2D eigenvalue weighted by Crippen LogP contribution is 2.29. The minimum absolute atomic E-state index is 0.0160. The molecule has 0 spiro atoms. The molecule has 0 saturated carbocycles. The number of anilines is 2. The molecular formula is C13H9Cl2N3O2S. The van der Waals surface area contributed by atoms with E-state index in [1.54, 1.807) is 6.07 Å². The van der Waals surface area contributed by atoms with Crippen molar-refractivity contribution in [3.05, 3.63) is 52.0 Å². The number of nitrogens with one attached hydrogen (secondary N) is 1.